The zero-order chi connectivity index (χ0) is 14.3. The first-order chi connectivity index (χ1) is 9.02. The SMILES string of the molecule is CCOC(=O)CNC(=O)NC(C)c1cccc(F)c1. The summed E-state index contributed by atoms with van der Waals surface area (Å²) in [5.41, 5.74) is 0.645. The predicted octanol–water partition coefficient (Wildman–Crippen LogP) is 1.75. The van der Waals surface area contributed by atoms with Crippen LogP contribution in [0.1, 0.15) is 25.5 Å². The molecule has 1 aromatic rings. The van der Waals surface area contributed by atoms with Crippen LogP contribution < -0.4 is 10.6 Å². The Labute approximate surface area is 111 Å². The minimum absolute atomic E-state index is 0.199. The van der Waals surface area contributed by atoms with Gasteiger partial charge in [-0.15, -0.1) is 0 Å². The largest absolute Gasteiger partial charge is 0.465 e. The van der Waals surface area contributed by atoms with Crippen LogP contribution in [0.4, 0.5) is 9.18 Å². The van der Waals surface area contributed by atoms with E-state index in [1.165, 1.54) is 12.1 Å². The third-order valence-electron chi connectivity index (χ3n) is 2.39. The lowest BCUT2D eigenvalue weighted by Gasteiger charge is -2.14. The molecule has 1 atom stereocenters. The zero-order valence-corrected chi connectivity index (χ0v) is 10.9. The van der Waals surface area contributed by atoms with Gasteiger partial charge >= 0.3 is 12.0 Å². The Morgan fingerprint density at radius 2 is 2.16 bits per heavy atom. The van der Waals surface area contributed by atoms with Gasteiger partial charge in [0.1, 0.15) is 12.4 Å². The highest BCUT2D eigenvalue weighted by atomic mass is 19.1. The van der Waals surface area contributed by atoms with Gasteiger partial charge < -0.3 is 15.4 Å². The van der Waals surface area contributed by atoms with Gasteiger partial charge in [-0.1, -0.05) is 12.1 Å². The van der Waals surface area contributed by atoms with Crippen molar-refractivity contribution in [3.05, 3.63) is 35.6 Å². The van der Waals surface area contributed by atoms with Gasteiger partial charge in [-0.2, -0.15) is 0 Å². The number of benzene rings is 1. The molecule has 0 aliphatic rings. The number of hydrogen-bond acceptors (Lipinski definition) is 3. The van der Waals surface area contributed by atoms with E-state index in [-0.39, 0.29) is 25.0 Å². The number of amides is 2. The maximum absolute atomic E-state index is 13.0. The average molecular weight is 268 g/mol. The Bertz CT molecular complexity index is 451. The van der Waals surface area contributed by atoms with E-state index in [4.69, 9.17) is 0 Å². The summed E-state index contributed by atoms with van der Waals surface area (Å²) in [5.74, 6) is -0.867. The summed E-state index contributed by atoms with van der Waals surface area (Å²) in [6.45, 7) is 3.47. The summed E-state index contributed by atoms with van der Waals surface area (Å²) in [7, 11) is 0. The molecule has 0 saturated carbocycles. The molecule has 19 heavy (non-hydrogen) atoms. The molecule has 0 aromatic heterocycles. The molecule has 2 N–H and O–H groups in total. The van der Waals surface area contributed by atoms with Crippen LogP contribution in [-0.4, -0.2) is 25.2 Å². The van der Waals surface area contributed by atoms with E-state index in [1.54, 1.807) is 26.0 Å². The Morgan fingerprint density at radius 3 is 2.79 bits per heavy atom. The molecule has 2 amide bonds. The lowest BCUT2D eigenvalue weighted by Crippen LogP contribution is -2.40. The Kier molecular flexibility index (Phi) is 5.78. The molecule has 104 valence electrons. The van der Waals surface area contributed by atoms with Crippen molar-refractivity contribution in [2.45, 2.75) is 19.9 Å². The Morgan fingerprint density at radius 1 is 1.42 bits per heavy atom. The molecular weight excluding hydrogens is 251 g/mol. The molecule has 0 fully saturated rings. The van der Waals surface area contributed by atoms with E-state index in [0.717, 1.165) is 0 Å². The summed E-state index contributed by atoms with van der Waals surface area (Å²) in [4.78, 5) is 22.5. The van der Waals surface area contributed by atoms with Crippen molar-refractivity contribution in [2.75, 3.05) is 13.2 Å². The van der Waals surface area contributed by atoms with Crippen molar-refractivity contribution in [3.63, 3.8) is 0 Å². The summed E-state index contributed by atoms with van der Waals surface area (Å²) in [6, 6.07) is 5.08. The number of nitrogens with one attached hydrogen (secondary N) is 2. The van der Waals surface area contributed by atoms with Gasteiger partial charge in [0.15, 0.2) is 0 Å². The molecule has 0 aliphatic heterocycles. The topological polar surface area (TPSA) is 67.4 Å². The van der Waals surface area contributed by atoms with Gasteiger partial charge in [-0.3, -0.25) is 4.79 Å². The summed E-state index contributed by atoms with van der Waals surface area (Å²) in [6.07, 6.45) is 0. The number of esters is 1. The van der Waals surface area contributed by atoms with Crippen LogP contribution >= 0.6 is 0 Å². The molecule has 5 nitrogen and oxygen atoms in total. The van der Waals surface area contributed by atoms with Crippen molar-refractivity contribution in [1.29, 1.82) is 0 Å². The van der Waals surface area contributed by atoms with Crippen LogP contribution in [-0.2, 0) is 9.53 Å². The molecule has 6 heteroatoms. The number of halogens is 1. The van der Waals surface area contributed by atoms with E-state index in [9.17, 15) is 14.0 Å². The van der Waals surface area contributed by atoms with Crippen molar-refractivity contribution in [2.24, 2.45) is 0 Å². The second kappa shape index (κ2) is 7.35. The van der Waals surface area contributed by atoms with Gasteiger partial charge in [0, 0.05) is 0 Å². The maximum Gasteiger partial charge on any atom is 0.325 e. The van der Waals surface area contributed by atoms with Gasteiger partial charge in [0.05, 0.1) is 12.6 Å². The van der Waals surface area contributed by atoms with Gasteiger partial charge in [0.25, 0.3) is 0 Å². The number of hydrogen-bond donors (Lipinski definition) is 2. The second-order valence-corrected chi connectivity index (χ2v) is 3.91. The third-order valence-corrected chi connectivity index (χ3v) is 2.39. The molecule has 1 rings (SSSR count). The second-order valence-electron chi connectivity index (χ2n) is 3.91. The first-order valence-electron chi connectivity index (χ1n) is 5.98. The monoisotopic (exact) mass is 268 g/mol. The average Bonchev–Trinajstić information content (AvgIpc) is 2.36. The fraction of sp³-hybridized carbons (Fsp3) is 0.385. The van der Waals surface area contributed by atoms with Crippen LogP contribution in [0, 0.1) is 5.82 Å². The number of rotatable bonds is 5. The summed E-state index contributed by atoms with van der Waals surface area (Å²) in [5, 5.41) is 4.96. The van der Waals surface area contributed by atoms with Crippen LogP contribution in [0.3, 0.4) is 0 Å². The van der Waals surface area contributed by atoms with Crippen LogP contribution in [0.5, 0.6) is 0 Å². The third kappa shape index (κ3) is 5.37. The fourth-order valence-electron chi connectivity index (χ4n) is 1.47. The summed E-state index contributed by atoms with van der Waals surface area (Å²) >= 11 is 0. The highest BCUT2D eigenvalue weighted by molar-refractivity contribution is 5.80. The highest BCUT2D eigenvalue weighted by Crippen LogP contribution is 2.12. The van der Waals surface area contributed by atoms with Crippen LogP contribution in [0.2, 0.25) is 0 Å². The molecule has 0 saturated heterocycles. The van der Waals surface area contributed by atoms with Gasteiger partial charge in [-0.05, 0) is 31.5 Å². The van der Waals surface area contributed by atoms with Crippen molar-refractivity contribution in [1.82, 2.24) is 10.6 Å². The van der Waals surface area contributed by atoms with E-state index in [0.29, 0.717) is 5.56 Å². The first kappa shape index (κ1) is 14.9. The van der Waals surface area contributed by atoms with E-state index < -0.39 is 12.0 Å². The quantitative estimate of drug-likeness (QED) is 0.799. The standard InChI is InChI=1S/C13H17FN2O3/c1-3-19-12(17)8-15-13(18)16-9(2)10-5-4-6-11(14)7-10/h4-7,9H,3,8H2,1-2H3,(H2,15,16,18). The van der Waals surface area contributed by atoms with Gasteiger partial charge in [0.2, 0.25) is 0 Å². The normalized spacial score (nSPS) is 11.5. The fourth-order valence-corrected chi connectivity index (χ4v) is 1.47. The number of ether oxygens (including phenoxy) is 1. The van der Waals surface area contributed by atoms with Crippen molar-refractivity contribution >= 4 is 12.0 Å². The minimum atomic E-state index is -0.509. The molecular formula is C13H17FN2O3. The van der Waals surface area contributed by atoms with Gasteiger partial charge in [-0.25, -0.2) is 9.18 Å². The molecule has 0 aliphatic carbocycles. The van der Waals surface area contributed by atoms with Crippen LogP contribution in [0.15, 0.2) is 24.3 Å². The Hall–Kier alpha value is -2.11. The molecule has 0 bridgehead atoms. The lowest BCUT2D eigenvalue weighted by molar-refractivity contribution is -0.141. The number of urea groups is 1. The van der Waals surface area contributed by atoms with E-state index in [1.807, 2.05) is 0 Å². The minimum Gasteiger partial charge on any atom is -0.465 e. The first-order valence-corrected chi connectivity index (χ1v) is 5.98. The zero-order valence-electron chi connectivity index (χ0n) is 10.9. The molecule has 1 unspecified atom stereocenters. The molecule has 0 heterocycles. The van der Waals surface area contributed by atoms with E-state index >= 15 is 0 Å². The Balaban J connectivity index is 2.42. The van der Waals surface area contributed by atoms with Crippen LogP contribution in [0.25, 0.3) is 0 Å². The maximum atomic E-state index is 13.0. The highest BCUT2D eigenvalue weighted by Gasteiger charge is 2.11. The molecule has 0 spiro atoms. The lowest BCUT2D eigenvalue weighted by atomic mass is 10.1. The molecule has 1 aromatic carbocycles. The smallest absolute Gasteiger partial charge is 0.325 e. The molecule has 0 radical (unpaired) electrons. The predicted molar refractivity (Wildman–Crippen MR) is 68.0 cm³/mol. The van der Waals surface area contributed by atoms with Crippen molar-refractivity contribution in [3.8, 4) is 0 Å². The van der Waals surface area contributed by atoms with E-state index in [2.05, 4.69) is 15.4 Å². The number of carbonyl (C=O) groups excluding carboxylic acids is 2. The number of carbonyl (C=O) groups is 2. The summed E-state index contributed by atoms with van der Waals surface area (Å²) < 4.78 is 17.7. The van der Waals surface area contributed by atoms with Crippen molar-refractivity contribution < 1.29 is 18.7 Å².